The molecule has 2 aromatic heterocycles. The van der Waals surface area contributed by atoms with Gasteiger partial charge in [-0.05, 0) is 59.0 Å². The first-order valence-electron chi connectivity index (χ1n) is 18.6. The van der Waals surface area contributed by atoms with Crippen LogP contribution >= 0.6 is 0 Å². The Kier molecular flexibility index (Phi) is 12.2. The molecule has 3 amide bonds. The number of alkyl carbamates (subject to hydrolysis) is 1. The first-order chi connectivity index (χ1) is 27.3. The molecule has 2 saturated heterocycles. The van der Waals surface area contributed by atoms with E-state index in [1.54, 1.807) is 19.1 Å². The lowest BCUT2D eigenvalue weighted by molar-refractivity contribution is -0.144. The van der Waals surface area contributed by atoms with Gasteiger partial charge in [0.2, 0.25) is 11.8 Å². The molecule has 2 aliphatic heterocycles. The van der Waals surface area contributed by atoms with E-state index < -0.39 is 24.2 Å². The summed E-state index contributed by atoms with van der Waals surface area (Å²) in [6.07, 6.45) is 2.84. The summed E-state index contributed by atoms with van der Waals surface area (Å²) in [6, 6.07) is 16.7. The van der Waals surface area contributed by atoms with Gasteiger partial charge in [0.25, 0.3) is 0 Å². The van der Waals surface area contributed by atoms with Crippen LogP contribution in [0.25, 0.3) is 44.2 Å². The molecule has 4 atom stereocenters. The number of fused-ring (bicyclic) bond motifs is 2. The highest BCUT2D eigenvalue weighted by atomic mass is 16.5. The molecule has 0 radical (unpaired) electrons. The molecule has 0 spiro atoms. The zero-order valence-electron chi connectivity index (χ0n) is 32.0. The number of ether oxygens (including phenoxy) is 5. The standard InChI is InChI=1S/C40H48N8O8/c1-52-20-32(42-23-54-3)38(49)47-13-5-6-34(47)36-41-19-31(45-36)28-10-9-24-16-25(7-8-26(24)17-28)27-11-12-29-30(18-27)44-37(43-29)35-22-56-15-14-48(35)39(50)33(21-53-2)46-40(51)55-4/h7-12,16-19,32-35,42H,5-6,13-15,20-23H2,1-4H3,(H,41,45)(H,43,44)(H,46,51). The monoisotopic (exact) mass is 768 g/mol. The van der Waals surface area contributed by atoms with Crippen LogP contribution < -0.4 is 10.6 Å². The molecule has 0 aliphatic carbocycles. The van der Waals surface area contributed by atoms with E-state index in [0.29, 0.717) is 25.5 Å². The molecule has 4 N–H and O–H groups in total. The topological polar surface area (TPSA) is 185 Å². The predicted molar refractivity (Wildman–Crippen MR) is 207 cm³/mol. The third-order valence-electron chi connectivity index (χ3n) is 10.4. The van der Waals surface area contributed by atoms with Crippen LogP contribution in [0.4, 0.5) is 4.79 Å². The van der Waals surface area contributed by atoms with Gasteiger partial charge in [-0.15, -0.1) is 0 Å². The summed E-state index contributed by atoms with van der Waals surface area (Å²) < 4.78 is 26.1. The van der Waals surface area contributed by atoms with Crippen LogP contribution in [-0.4, -0.2) is 134 Å². The van der Waals surface area contributed by atoms with Crippen molar-refractivity contribution in [3.63, 3.8) is 0 Å². The number of likely N-dealkylation sites (tertiary alicyclic amines) is 1. The minimum Gasteiger partial charge on any atom is -0.453 e. The zero-order valence-corrected chi connectivity index (χ0v) is 32.0. The second-order valence-electron chi connectivity index (χ2n) is 13.9. The number of aromatic amines is 2. The van der Waals surface area contributed by atoms with Crippen LogP contribution in [-0.2, 0) is 33.3 Å². The van der Waals surface area contributed by atoms with Gasteiger partial charge in [0.15, 0.2) is 0 Å². The maximum absolute atomic E-state index is 13.6. The maximum Gasteiger partial charge on any atom is 0.407 e. The molecule has 0 saturated carbocycles. The van der Waals surface area contributed by atoms with Crippen LogP contribution in [0.1, 0.15) is 36.6 Å². The SMILES string of the molecule is COCNC(COC)C(=O)N1CCCC1c1ncc(-c2ccc3cc(-c4ccc5nc(C6COCCN6C(=O)C(COC)NC(=O)OC)[nH]c5c4)ccc3c2)[nH]1. The number of nitrogens with zero attached hydrogens (tertiary/aromatic N) is 4. The second kappa shape index (κ2) is 17.6. The van der Waals surface area contributed by atoms with Crippen LogP contribution in [0, 0.1) is 0 Å². The van der Waals surface area contributed by atoms with Gasteiger partial charge in [-0.2, -0.15) is 0 Å². The molecular weight excluding hydrogens is 720 g/mol. The molecule has 0 bridgehead atoms. The summed E-state index contributed by atoms with van der Waals surface area (Å²) >= 11 is 0. The summed E-state index contributed by atoms with van der Waals surface area (Å²) in [4.78, 5) is 59.0. The first kappa shape index (κ1) is 38.9. The number of methoxy groups -OCH3 is 4. The number of aromatic nitrogens is 4. The number of H-pyrrole nitrogens is 2. The Labute approximate surface area is 324 Å². The number of hydrogen-bond donors (Lipinski definition) is 4. The van der Waals surface area contributed by atoms with E-state index in [-0.39, 0.29) is 44.4 Å². The van der Waals surface area contributed by atoms with E-state index >= 15 is 0 Å². The fraction of sp³-hybridized carbons (Fsp3) is 0.425. The third kappa shape index (κ3) is 8.24. The van der Waals surface area contributed by atoms with Crippen molar-refractivity contribution in [2.45, 2.75) is 37.0 Å². The van der Waals surface area contributed by atoms with Crippen molar-refractivity contribution >= 4 is 39.7 Å². The largest absolute Gasteiger partial charge is 0.453 e. The van der Waals surface area contributed by atoms with Gasteiger partial charge in [0, 0.05) is 40.0 Å². The zero-order chi connectivity index (χ0) is 39.2. The van der Waals surface area contributed by atoms with Crippen LogP contribution in [0.15, 0.2) is 60.8 Å². The predicted octanol–water partition coefficient (Wildman–Crippen LogP) is 3.92. The van der Waals surface area contributed by atoms with Gasteiger partial charge in [0.05, 0.1) is 69.2 Å². The Hall–Kier alpha value is -5.39. The average molecular weight is 769 g/mol. The lowest BCUT2D eigenvalue weighted by Gasteiger charge is -2.36. The van der Waals surface area contributed by atoms with Crippen LogP contribution in [0.5, 0.6) is 0 Å². The Morgan fingerprint density at radius 3 is 2.29 bits per heavy atom. The van der Waals surface area contributed by atoms with Gasteiger partial charge < -0.3 is 48.8 Å². The average Bonchev–Trinajstić information content (AvgIpc) is 4.01. The van der Waals surface area contributed by atoms with E-state index in [1.807, 2.05) is 23.2 Å². The van der Waals surface area contributed by atoms with Gasteiger partial charge >= 0.3 is 6.09 Å². The summed E-state index contributed by atoms with van der Waals surface area (Å²) in [5.74, 6) is 1.02. The number of rotatable bonds is 14. The lowest BCUT2D eigenvalue weighted by atomic mass is 9.99. The van der Waals surface area contributed by atoms with Gasteiger partial charge in [0.1, 0.15) is 29.8 Å². The number of imidazole rings is 2. The van der Waals surface area contributed by atoms with Crippen molar-refractivity contribution in [3.8, 4) is 22.4 Å². The van der Waals surface area contributed by atoms with E-state index in [2.05, 4.69) is 63.1 Å². The summed E-state index contributed by atoms with van der Waals surface area (Å²) in [5, 5.41) is 7.84. The Morgan fingerprint density at radius 2 is 1.52 bits per heavy atom. The van der Waals surface area contributed by atoms with Crippen molar-refractivity contribution < 1.29 is 38.1 Å². The lowest BCUT2D eigenvalue weighted by Crippen LogP contribution is -2.54. The minimum atomic E-state index is -0.922. The summed E-state index contributed by atoms with van der Waals surface area (Å²) in [5.41, 5.74) is 5.51. The van der Waals surface area contributed by atoms with Crippen molar-refractivity contribution in [1.29, 1.82) is 0 Å². The molecular formula is C40H48N8O8. The number of amides is 3. The van der Waals surface area contributed by atoms with Crippen molar-refractivity contribution in [3.05, 3.63) is 72.4 Å². The fourth-order valence-electron chi connectivity index (χ4n) is 7.53. The second-order valence-corrected chi connectivity index (χ2v) is 13.9. The quantitative estimate of drug-likeness (QED) is 0.120. The summed E-state index contributed by atoms with van der Waals surface area (Å²) in [6.45, 7) is 2.10. The van der Waals surface area contributed by atoms with Crippen molar-refractivity contribution in [1.82, 2.24) is 40.4 Å². The molecule has 4 heterocycles. The first-order valence-corrected chi connectivity index (χ1v) is 18.6. The molecule has 16 heteroatoms. The number of morpholine rings is 1. The Balaban J connectivity index is 1.07. The van der Waals surface area contributed by atoms with Gasteiger partial charge in [-0.25, -0.2) is 14.8 Å². The molecule has 16 nitrogen and oxygen atoms in total. The molecule has 7 rings (SSSR count). The smallest absolute Gasteiger partial charge is 0.407 e. The summed E-state index contributed by atoms with van der Waals surface area (Å²) in [7, 11) is 5.88. The van der Waals surface area contributed by atoms with Crippen molar-refractivity contribution in [2.24, 2.45) is 0 Å². The Bertz CT molecular complexity index is 2170. The molecule has 2 aliphatic rings. The fourth-order valence-corrected chi connectivity index (χ4v) is 7.53. The molecule has 56 heavy (non-hydrogen) atoms. The Morgan fingerprint density at radius 1 is 0.821 bits per heavy atom. The molecule has 3 aromatic carbocycles. The highest BCUT2D eigenvalue weighted by molar-refractivity contribution is 5.92. The number of carbonyl (C=O) groups excluding carboxylic acids is 3. The van der Waals surface area contributed by atoms with E-state index in [9.17, 15) is 14.4 Å². The van der Waals surface area contributed by atoms with Gasteiger partial charge in [-0.3, -0.25) is 14.9 Å². The minimum absolute atomic E-state index is 0.00789. The molecule has 5 aromatic rings. The number of carbonyl (C=O) groups is 3. The third-order valence-corrected chi connectivity index (χ3v) is 10.4. The van der Waals surface area contributed by atoms with E-state index in [4.69, 9.17) is 33.7 Å². The van der Waals surface area contributed by atoms with E-state index in [1.165, 1.54) is 14.2 Å². The number of hydrogen-bond acceptors (Lipinski definition) is 11. The van der Waals surface area contributed by atoms with Crippen LogP contribution in [0.3, 0.4) is 0 Å². The molecule has 2 fully saturated rings. The number of benzene rings is 3. The number of nitrogens with one attached hydrogen (secondary N) is 4. The maximum atomic E-state index is 13.6. The molecule has 4 unspecified atom stereocenters. The van der Waals surface area contributed by atoms with Crippen molar-refractivity contribution in [2.75, 3.05) is 74.7 Å². The molecule has 296 valence electrons. The van der Waals surface area contributed by atoms with E-state index in [0.717, 1.165) is 62.9 Å². The normalized spacial score (nSPS) is 18.4. The highest BCUT2D eigenvalue weighted by Crippen LogP contribution is 2.34. The van der Waals surface area contributed by atoms with Gasteiger partial charge in [-0.1, -0.05) is 30.3 Å². The van der Waals surface area contributed by atoms with Crippen LogP contribution in [0.2, 0.25) is 0 Å². The highest BCUT2D eigenvalue weighted by Gasteiger charge is 2.37.